The van der Waals surface area contributed by atoms with Crippen molar-refractivity contribution in [3.8, 4) is 0 Å². The Balaban J connectivity index is 3.92. The Bertz CT molecular complexity index is 456. The van der Waals surface area contributed by atoms with Gasteiger partial charge in [-0.25, -0.2) is 0 Å². The maximum absolute atomic E-state index is 11.7. The SMILES string of the molecule is CC(C(=O)SCCNC(=O)CCNC(=O)[C@H](O)C(C)(C)CO)[C@@H](C)O. The lowest BCUT2D eigenvalue weighted by Gasteiger charge is -2.27. The van der Waals surface area contributed by atoms with Crippen LogP contribution in [0.15, 0.2) is 0 Å². The van der Waals surface area contributed by atoms with Crippen LogP contribution in [0.4, 0.5) is 0 Å². The van der Waals surface area contributed by atoms with E-state index in [2.05, 4.69) is 10.6 Å². The smallest absolute Gasteiger partial charge is 0.249 e. The summed E-state index contributed by atoms with van der Waals surface area (Å²) in [6.07, 6.45) is -2.02. The van der Waals surface area contributed by atoms with Crippen LogP contribution >= 0.6 is 11.8 Å². The molecule has 25 heavy (non-hydrogen) atoms. The molecule has 0 aliphatic rings. The van der Waals surface area contributed by atoms with E-state index < -0.39 is 29.4 Å². The van der Waals surface area contributed by atoms with E-state index in [1.165, 1.54) is 0 Å². The molecular formula is C16H30N2O6S. The molecule has 5 N–H and O–H groups in total. The Morgan fingerprint density at radius 3 is 2.20 bits per heavy atom. The first-order chi connectivity index (χ1) is 11.5. The minimum absolute atomic E-state index is 0.0424. The van der Waals surface area contributed by atoms with Crippen molar-refractivity contribution in [1.82, 2.24) is 10.6 Å². The molecule has 0 spiro atoms. The molecular weight excluding hydrogens is 348 g/mol. The first-order valence-corrected chi connectivity index (χ1v) is 9.19. The number of carbonyl (C=O) groups excluding carboxylic acids is 3. The standard InChI is InChI=1S/C16H30N2O6S/c1-10(11(2)20)15(24)25-8-7-17-12(21)5-6-18-14(23)13(22)16(3,4)9-19/h10-11,13,19-20,22H,5-9H2,1-4H3,(H,17,21)(H,18,23)/t10?,11-,13+/m1/s1. The summed E-state index contributed by atoms with van der Waals surface area (Å²) in [5.41, 5.74) is -0.959. The third-order valence-corrected chi connectivity index (χ3v) is 4.88. The molecule has 0 saturated carbocycles. The highest BCUT2D eigenvalue weighted by atomic mass is 32.2. The maximum atomic E-state index is 11.7. The van der Waals surface area contributed by atoms with Crippen LogP contribution in [-0.2, 0) is 14.4 Å². The monoisotopic (exact) mass is 378 g/mol. The van der Waals surface area contributed by atoms with Gasteiger partial charge in [-0.05, 0) is 6.92 Å². The lowest BCUT2D eigenvalue weighted by molar-refractivity contribution is -0.137. The Hall–Kier alpha value is -1.16. The number of amides is 2. The lowest BCUT2D eigenvalue weighted by atomic mass is 9.87. The van der Waals surface area contributed by atoms with Gasteiger partial charge in [0.05, 0.1) is 18.6 Å². The van der Waals surface area contributed by atoms with Crippen molar-refractivity contribution in [2.45, 2.75) is 46.3 Å². The first kappa shape index (κ1) is 23.8. The Morgan fingerprint density at radius 1 is 1.08 bits per heavy atom. The molecule has 3 atom stereocenters. The maximum Gasteiger partial charge on any atom is 0.249 e. The molecule has 0 aromatic heterocycles. The van der Waals surface area contributed by atoms with Crippen LogP contribution in [0.25, 0.3) is 0 Å². The van der Waals surface area contributed by atoms with Crippen LogP contribution < -0.4 is 10.6 Å². The second-order valence-corrected chi connectivity index (χ2v) is 7.74. The van der Waals surface area contributed by atoms with Gasteiger partial charge in [-0.1, -0.05) is 32.5 Å². The second-order valence-electron chi connectivity index (χ2n) is 6.64. The zero-order valence-corrected chi connectivity index (χ0v) is 16.1. The van der Waals surface area contributed by atoms with Crippen LogP contribution in [0.3, 0.4) is 0 Å². The van der Waals surface area contributed by atoms with Gasteiger partial charge in [0, 0.05) is 30.7 Å². The highest BCUT2D eigenvalue weighted by Crippen LogP contribution is 2.19. The summed E-state index contributed by atoms with van der Waals surface area (Å²) < 4.78 is 0. The number of carbonyl (C=O) groups is 3. The molecule has 2 amide bonds. The fourth-order valence-electron chi connectivity index (χ4n) is 1.60. The molecule has 146 valence electrons. The molecule has 0 aliphatic heterocycles. The van der Waals surface area contributed by atoms with Crippen LogP contribution in [0.5, 0.6) is 0 Å². The summed E-state index contributed by atoms with van der Waals surface area (Å²) in [4.78, 5) is 35.0. The summed E-state index contributed by atoms with van der Waals surface area (Å²) in [5.74, 6) is -0.976. The van der Waals surface area contributed by atoms with Gasteiger partial charge in [0.1, 0.15) is 6.10 Å². The Kier molecular flexibility index (Phi) is 10.9. The molecule has 0 aromatic rings. The quantitative estimate of drug-likeness (QED) is 0.299. The number of hydrogen-bond donors (Lipinski definition) is 5. The molecule has 0 bridgehead atoms. The van der Waals surface area contributed by atoms with Crippen molar-refractivity contribution in [2.24, 2.45) is 11.3 Å². The Labute approximate surface area is 152 Å². The van der Waals surface area contributed by atoms with Gasteiger partial charge in [0.2, 0.25) is 11.8 Å². The van der Waals surface area contributed by atoms with Gasteiger partial charge in [-0.2, -0.15) is 0 Å². The highest BCUT2D eigenvalue weighted by Gasteiger charge is 2.32. The second kappa shape index (κ2) is 11.5. The molecule has 0 aliphatic carbocycles. The van der Waals surface area contributed by atoms with E-state index in [4.69, 9.17) is 5.11 Å². The predicted molar refractivity (Wildman–Crippen MR) is 95.8 cm³/mol. The van der Waals surface area contributed by atoms with Crippen molar-refractivity contribution >= 4 is 28.7 Å². The van der Waals surface area contributed by atoms with E-state index in [1.807, 2.05) is 0 Å². The van der Waals surface area contributed by atoms with Gasteiger partial charge >= 0.3 is 0 Å². The van der Waals surface area contributed by atoms with E-state index in [9.17, 15) is 24.6 Å². The number of nitrogens with one attached hydrogen (secondary N) is 2. The molecule has 0 fully saturated rings. The van der Waals surface area contributed by atoms with Gasteiger partial charge in [0.15, 0.2) is 5.12 Å². The molecule has 9 heteroatoms. The zero-order valence-electron chi connectivity index (χ0n) is 15.2. The molecule has 8 nitrogen and oxygen atoms in total. The number of thioether (sulfide) groups is 1. The minimum Gasteiger partial charge on any atom is -0.396 e. The van der Waals surface area contributed by atoms with Crippen molar-refractivity contribution in [3.05, 3.63) is 0 Å². The molecule has 0 radical (unpaired) electrons. The minimum atomic E-state index is -1.36. The third kappa shape index (κ3) is 9.20. The number of rotatable bonds is 11. The molecule has 0 rings (SSSR count). The number of aliphatic hydroxyl groups excluding tert-OH is 3. The summed E-state index contributed by atoms with van der Waals surface area (Å²) in [6.45, 7) is 6.34. The van der Waals surface area contributed by atoms with E-state index in [-0.39, 0.29) is 30.6 Å². The normalized spacial score (nSPS) is 15.2. The zero-order chi connectivity index (χ0) is 19.6. The molecule has 0 saturated heterocycles. The molecule has 1 unspecified atom stereocenters. The Morgan fingerprint density at radius 2 is 1.68 bits per heavy atom. The van der Waals surface area contributed by atoms with E-state index in [0.29, 0.717) is 12.3 Å². The molecule has 0 aromatic carbocycles. The number of aliphatic hydroxyl groups is 3. The fraction of sp³-hybridized carbons (Fsp3) is 0.812. The van der Waals surface area contributed by atoms with Crippen LogP contribution in [0, 0.1) is 11.3 Å². The van der Waals surface area contributed by atoms with Gasteiger partial charge in [0.25, 0.3) is 0 Å². The van der Waals surface area contributed by atoms with Crippen LogP contribution in [0.1, 0.15) is 34.1 Å². The highest BCUT2D eigenvalue weighted by molar-refractivity contribution is 8.13. The lowest BCUT2D eigenvalue weighted by Crippen LogP contribution is -2.46. The largest absolute Gasteiger partial charge is 0.396 e. The summed E-state index contributed by atoms with van der Waals surface area (Å²) in [5, 5.41) is 33.2. The predicted octanol–water partition coefficient (Wildman–Crippen LogP) is -0.735. The van der Waals surface area contributed by atoms with Gasteiger partial charge in [-0.3, -0.25) is 14.4 Å². The van der Waals surface area contributed by atoms with Crippen LogP contribution in [0.2, 0.25) is 0 Å². The van der Waals surface area contributed by atoms with Crippen molar-refractivity contribution < 1.29 is 29.7 Å². The fourth-order valence-corrected chi connectivity index (χ4v) is 2.46. The topological polar surface area (TPSA) is 136 Å². The average Bonchev–Trinajstić information content (AvgIpc) is 2.56. The first-order valence-electron chi connectivity index (χ1n) is 8.21. The van der Waals surface area contributed by atoms with Crippen LogP contribution in [-0.4, -0.2) is 69.9 Å². The van der Waals surface area contributed by atoms with Gasteiger partial charge < -0.3 is 26.0 Å². The summed E-state index contributed by atoms with van der Waals surface area (Å²) >= 11 is 1.05. The van der Waals surface area contributed by atoms with E-state index >= 15 is 0 Å². The molecule has 0 heterocycles. The summed E-state index contributed by atoms with van der Waals surface area (Å²) in [7, 11) is 0. The van der Waals surface area contributed by atoms with E-state index in [1.54, 1.807) is 27.7 Å². The van der Waals surface area contributed by atoms with Crippen molar-refractivity contribution in [1.29, 1.82) is 0 Å². The van der Waals surface area contributed by atoms with E-state index in [0.717, 1.165) is 11.8 Å². The van der Waals surface area contributed by atoms with Crippen molar-refractivity contribution in [2.75, 3.05) is 25.4 Å². The number of hydrogen-bond acceptors (Lipinski definition) is 7. The third-order valence-electron chi connectivity index (χ3n) is 3.81. The van der Waals surface area contributed by atoms with Crippen molar-refractivity contribution in [3.63, 3.8) is 0 Å². The summed E-state index contributed by atoms with van der Waals surface area (Å²) in [6, 6.07) is 0. The average molecular weight is 378 g/mol. The van der Waals surface area contributed by atoms with Gasteiger partial charge in [-0.15, -0.1) is 0 Å².